The molecular weight excluding hydrogens is 506 g/mol. The van der Waals surface area contributed by atoms with Crippen LogP contribution in [0.25, 0.3) is 11.3 Å². The Morgan fingerprint density at radius 3 is 2.62 bits per heavy atom. The van der Waals surface area contributed by atoms with Crippen molar-refractivity contribution in [2.75, 3.05) is 36.2 Å². The number of hydrogen-bond donors (Lipinski definition) is 0. The van der Waals surface area contributed by atoms with Gasteiger partial charge < -0.3 is 14.1 Å². The van der Waals surface area contributed by atoms with Gasteiger partial charge in [0.25, 0.3) is 5.69 Å². The van der Waals surface area contributed by atoms with Crippen molar-refractivity contribution < 1.29 is 14.1 Å². The van der Waals surface area contributed by atoms with Crippen molar-refractivity contribution in [2.45, 2.75) is 32.7 Å². The predicted octanol–water partition coefficient (Wildman–Crippen LogP) is 6.20. The molecule has 9 heteroatoms. The Morgan fingerprint density at radius 2 is 1.85 bits per heavy atom. The summed E-state index contributed by atoms with van der Waals surface area (Å²) in [6.45, 7) is 5.35. The Labute approximate surface area is 232 Å². The van der Waals surface area contributed by atoms with Crippen LogP contribution in [0.4, 0.5) is 17.1 Å². The van der Waals surface area contributed by atoms with E-state index in [2.05, 4.69) is 47.1 Å². The first kappa shape index (κ1) is 25.8. The maximum atomic E-state index is 12.2. The first-order chi connectivity index (χ1) is 19.6. The fourth-order valence-corrected chi connectivity index (χ4v) is 5.36. The Hall–Kier alpha value is -4.50. The van der Waals surface area contributed by atoms with Crippen LogP contribution in [-0.2, 0) is 17.7 Å². The summed E-state index contributed by atoms with van der Waals surface area (Å²) in [6, 6.07) is 19.8. The number of hydrazone groups is 1. The Kier molecular flexibility index (Phi) is 7.29. The second kappa shape index (κ2) is 11.3. The van der Waals surface area contributed by atoms with E-state index in [1.165, 1.54) is 12.0 Å². The summed E-state index contributed by atoms with van der Waals surface area (Å²) in [6.07, 6.45) is 6.23. The molecular formula is C31H31N5O4. The van der Waals surface area contributed by atoms with Crippen LogP contribution >= 0.6 is 0 Å². The molecule has 0 atom stereocenters. The first-order valence-electron chi connectivity index (χ1n) is 13.7. The normalized spacial score (nSPS) is 15.1. The van der Waals surface area contributed by atoms with E-state index in [1.807, 2.05) is 24.3 Å². The van der Waals surface area contributed by atoms with E-state index in [4.69, 9.17) is 14.3 Å². The van der Waals surface area contributed by atoms with Gasteiger partial charge in [0.05, 0.1) is 36.6 Å². The Bertz CT molecular complexity index is 1540. The number of ether oxygens (including phenoxy) is 1. The fraction of sp³-hybridized carbons (Fsp3) is 0.290. The molecule has 1 fully saturated rings. The van der Waals surface area contributed by atoms with Crippen molar-refractivity contribution in [3.05, 3.63) is 106 Å². The van der Waals surface area contributed by atoms with Crippen molar-refractivity contribution in [1.29, 1.82) is 0 Å². The van der Waals surface area contributed by atoms with Gasteiger partial charge in [0, 0.05) is 41.5 Å². The van der Waals surface area contributed by atoms with Crippen LogP contribution in [0.15, 0.2) is 82.8 Å². The molecule has 6 rings (SSSR count). The molecule has 0 aliphatic carbocycles. The fourth-order valence-electron chi connectivity index (χ4n) is 5.36. The molecule has 0 spiro atoms. The van der Waals surface area contributed by atoms with Crippen molar-refractivity contribution in [3.8, 4) is 11.3 Å². The number of nitro groups is 1. The van der Waals surface area contributed by atoms with Gasteiger partial charge >= 0.3 is 0 Å². The second-order valence-electron chi connectivity index (χ2n) is 10.1. The molecule has 4 aromatic rings. The molecule has 1 aromatic heterocycles. The van der Waals surface area contributed by atoms with E-state index in [9.17, 15) is 10.1 Å². The van der Waals surface area contributed by atoms with Crippen LogP contribution in [0, 0.1) is 10.1 Å². The lowest BCUT2D eigenvalue weighted by Gasteiger charge is -2.31. The van der Waals surface area contributed by atoms with E-state index in [0.717, 1.165) is 66.0 Å². The van der Waals surface area contributed by atoms with Crippen LogP contribution in [0.5, 0.6) is 0 Å². The molecule has 204 valence electrons. The molecule has 0 unspecified atom stereocenters. The minimum Gasteiger partial charge on any atom is -0.444 e. The highest BCUT2D eigenvalue weighted by atomic mass is 16.6. The number of unbranched alkanes of at least 4 members (excludes halogenated alkanes) is 1. The third kappa shape index (κ3) is 5.20. The lowest BCUT2D eigenvalue weighted by atomic mass is 9.92. The van der Waals surface area contributed by atoms with Crippen LogP contribution in [0.2, 0.25) is 0 Å². The summed E-state index contributed by atoms with van der Waals surface area (Å²) in [5.74, 6) is 0.690. The van der Waals surface area contributed by atoms with Gasteiger partial charge in [-0.05, 0) is 54.3 Å². The summed E-state index contributed by atoms with van der Waals surface area (Å²) < 4.78 is 11.2. The highest BCUT2D eigenvalue weighted by Crippen LogP contribution is 2.37. The van der Waals surface area contributed by atoms with Crippen LogP contribution < -0.4 is 9.91 Å². The maximum Gasteiger partial charge on any atom is 0.294 e. The lowest BCUT2D eigenvalue weighted by molar-refractivity contribution is -0.384. The van der Waals surface area contributed by atoms with Crippen LogP contribution in [0.3, 0.4) is 0 Å². The molecule has 40 heavy (non-hydrogen) atoms. The minimum absolute atomic E-state index is 0.0264. The van der Waals surface area contributed by atoms with Crippen LogP contribution in [0.1, 0.15) is 42.0 Å². The zero-order valence-electron chi connectivity index (χ0n) is 22.5. The number of rotatable bonds is 8. The number of nitrogens with zero attached hydrogens (tertiary/aromatic N) is 5. The largest absolute Gasteiger partial charge is 0.444 e. The predicted molar refractivity (Wildman–Crippen MR) is 155 cm³/mol. The molecule has 0 N–H and O–H groups in total. The molecule has 0 bridgehead atoms. The number of aryl methyl sites for hydroxylation is 1. The SMILES string of the molecule is CCCCc1cc(C2=NN(c3cc(N4CCOCC4)ccc3[N+](=O)[O-])Cc3ccccc32)cc(-c2cnco2)c1. The zero-order valence-corrected chi connectivity index (χ0v) is 22.5. The van der Waals surface area contributed by atoms with Crippen molar-refractivity contribution in [3.63, 3.8) is 0 Å². The Balaban J connectivity index is 1.49. The van der Waals surface area contributed by atoms with E-state index in [1.54, 1.807) is 17.3 Å². The quantitative estimate of drug-likeness (QED) is 0.195. The van der Waals surface area contributed by atoms with Crippen LogP contribution in [-0.4, -0.2) is 41.9 Å². The van der Waals surface area contributed by atoms with Gasteiger partial charge in [-0.15, -0.1) is 0 Å². The summed E-state index contributed by atoms with van der Waals surface area (Å²) in [5.41, 5.74) is 7.31. The van der Waals surface area contributed by atoms with E-state index < -0.39 is 0 Å². The average molecular weight is 538 g/mol. The highest BCUT2D eigenvalue weighted by Gasteiger charge is 2.28. The number of benzene rings is 3. The summed E-state index contributed by atoms with van der Waals surface area (Å²) in [4.78, 5) is 18.1. The molecule has 0 saturated carbocycles. The number of fused-ring (bicyclic) bond motifs is 1. The number of aromatic nitrogens is 1. The van der Waals surface area contributed by atoms with Gasteiger partial charge in [0.1, 0.15) is 5.69 Å². The van der Waals surface area contributed by atoms with Crippen molar-refractivity contribution in [1.82, 2.24) is 4.98 Å². The molecule has 0 amide bonds. The average Bonchev–Trinajstić information content (AvgIpc) is 3.55. The molecule has 9 nitrogen and oxygen atoms in total. The monoisotopic (exact) mass is 537 g/mol. The molecule has 3 aromatic carbocycles. The molecule has 0 radical (unpaired) electrons. The summed E-state index contributed by atoms with van der Waals surface area (Å²) >= 11 is 0. The molecule has 2 aliphatic rings. The third-order valence-corrected chi connectivity index (χ3v) is 7.43. The van der Waals surface area contributed by atoms with Gasteiger partial charge in [-0.3, -0.25) is 15.1 Å². The highest BCUT2D eigenvalue weighted by molar-refractivity contribution is 6.15. The summed E-state index contributed by atoms with van der Waals surface area (Å²) in [7, 11) is 0. The van der Waals surface area contributed by atoms with Gasteiger partial charge in [-0.25, -0.2) is 4.98 Å². The van der Waals surface area contributed by atoms with Gasteiger partial charge in [0.2, 0.25) is 0 Å². The second-order valence-corrected chi connectivity index (χ2v) is 10.1. The van der Waals surface area contributed by atoms with Crippen molar-refractivity contribution >= 4 is 22.8 Å². The number of hydrogen-bond acceptors (Lipinski definition) is 8. The van der Waals surface area contributed by atoms with E-state index in [0.29, 0.717) is 31.2 Å². The lowest BCUT2D eigenvalue weighted by Crippen LogP contribution is -2.36. The first-order valence-corrected chi connectivity index (χ1v) is 13.7. The molecule has 2 aliphatic heterocycles. The number of oxazole rings is 1. The third-order valence-electron chi connectivity index (χ3n) is 7.43. The topological polar surface area (TPSA) is 97.2 Å². The number of morpholine rings is 1. The van der Waals surface area contributed by atoms with Gasteiger partial charge in [-0.1, -0.05) is 37.6 Å². The number of nitro benzene ring substituents is 1. The van der Waals surface area contributed by atoms with E-state index >= 15 is 0 Å². The van der Waals surface area contributed by atoms with E-state index in [-0.39, 0.29) is 10.6 Å². The number of anilines is 2. The maximum absolute atomic E-state index is 12.2. The minimum atomic E-state index is -0.332. The smallest absolute Gasteiger partial charge is 0.294 e. The summed E-state index contributed by atoms with van der Waals surface area (Å²) in [5, 5.41) is 19.0. The molecule has 1 saturated heterocycles. The van der Waals surface area contributed by atoms with Gasteiger partial charge in [-0.2, -0.15) is 5.10 Å². The zero-order chi connectivity index (χ0) is 27.5. The van der Waals surface area contributed by atoms with Gasteiger partial charge in [0.15, 0.2) is 12.2 Å². The molecule has 3 heterocycles. The Morgan fingerprint density at radius 1 is 1.02 bits per heavy atom. The van der Waals surface area contributed by atoms with Crippen molar-refractivity contribution in [2.24, 2.45) is 5.10 Å². The standard InChI is InChI=1S/C31H31N5O4/c1-2-3-6-22-15-24(30-19-32-21-40-30)17-25(16-22)31-27-8-5-4-7-23(27)20-35(33-31)29-18-26(9-10-28(29)36(37)38)34-11-13-39-14-12-34/h4-5,7-10,15-19,21H,2-3,6,11-14,20H2,1H3.